The van der Waals surface area contributed by atoms with Gasteiger partial charge in [-0.25, -0.2) is 0 Å². The van der Waals surface area contributed by atoms with Crippen molar-refractivity contribution in [3.63, 3.8) is 0 Å². The van der Waals surface area contributed by atoms with Gasteiger partial charge in [-0.05, 0) is 12.2 Å². The first-order valence-corrected chi connectivity index (χ1v) is 4.34. The summed E-state index contributed by atoms with van der Waals surface area (Å²) >= 11 is 4.12. The molecule has 0 aromatic rings. The van der Waals surface area contributed by atoms with Crippen molar-refractivity contribution in [2.45, 2.75) is 33.6 Å². The highest BCUT2D eigenvalue weighted by atomic mass is 32.1. The van der Waals surface area contributed by atoms with Gasteiger partial charge in [-0.15, -0.1) is 0 Å². The molecule has 0 saturated heterocycles. The van der Waals surface area contributed by atoms with Gasteiger partial charge < -0.3 is 0 Å². The van der Waals surface area contributed by atoms with Gasteiger partial charge in [0, 0.05) is 11.8 Å². The first kappa shape index (κ1) is 10.0. The van der Waals surface area contributed by atoms with E-state index in [2.05, 4.69) is 33.4 Å². The highest BCUT2D eigenvalue weighted by Crippen LogP contribution is 2.15. The molecule has 0 radical (unpaired) electrons. The number of rotatable bonds is 3. The Labute approximate surface area is 69.1 Å². The van der Waals surface area contributed by atoms with E-state index >= 15 is 0 Å². The molecule has 0 fully saturated rings. The van der Waals surface area contributed by atoms with E-state index in [1.165, 1.54) is 0 Å². The third-order valence-electron chi connectivity index (χ3n) is 1.57. The molecule has 0 saturated carbocycles. The average Bonchev–Trinajstić information content (AvgIpc) is 1.80. The Morgan fingerprint density at radius 1 is 1.40 bits per heavy atom. The number of nitrogens with two attached hydrogens (primary N) is 1. The van der Waals surface area contributed by atoms with Crippen LogP contribution in [0.1, 0.15) is 33.6 Å². The molecule has 0 aliphatic heterocycles. The maximum atomic E-state index is 5.82. The minimum absolute atomic E-state index is 0.170. The summed E-state index contributed by atoms with van der Waals surface area (Å²) in [6, 6.07) is 0. The van der Waals surface area contributed by atoms with E-state index in [0.29, 0.717) is 0 Å². The van der Waals surface area contributed by atoms with Crippen LogP contribution in [0.4, 0.5) is 0 Å². The molecule has 0 heterocycles. The lowest BCUT2D eigenvalue weighted by Crippen LogP contribution is -2.47. The summed E-state index contributed by atoms with van der Waals surface area (Å²) in [7, 11) is 0. The molecule has 0 rings (SSSR count). The van der Waals surface area contributed by atoms with Gasteiger partial charge in [-0.3, -0.25) is 5.41 Å². The third kappa shape index (κ3) is 3.94. The summed E-state index contributed by atoms with van der Waals surface area (Å²) in [5, 5.41) is 5.82. The van der Waals surface area contributed by atoms with Crippen LogP contribution < -0.4 is 5.41 Å². The fourth-order valence-corrected chi connectivity index (χ4v) is 0.803. The molecule has 0 aliphatic rings. The maximum Gasteiger partial charge on any atom is 0.154 e. The van der Waals surface area contributed by atoms with Crippen molar-refractivity contribution in [2.24, 2.45) is 5.41 Å². The molecule has 0 aliphatic carbocycles. The standard InChI is InChI=1S/C8H17NS/c1-8(2,3)7(9)5-4-6-10/h9-10H,4-6H2,1-3H3/p+1. The molecule has 10 heavy (non-hydrogen) atoms. The van der Waals surface area contributed by atoms with E-state index in [0.717, 1.165) is 24.3 Å². The van der Waals surface area contributed by atoms with Crippen LogP contribution >= 0.6 is 12.6 Å². The lowest BCUT2D eigenvalue weighted by Gasteiger charge is -2.13. The summed E-state index contributed by atoms with van der Waals surface area (Å²) < 4.78 is 0. The summed E-state index contributed by atoms with van der Waals surface area (Å²) in [6.07, 6.45) is 2.10. The Morgan fingerprint density at radius 2 is 1.90 bits per heavy atom. The molecule has 0 aromatic carbocycles. The molecule has 1 nitrogen and oxygen atoms in total. The second-order valence-electron chi connectivity index (χ2n) is 3.60. The van der Waals surface area contributed by atoms with E-state index < -0.39 is 0 Å². The van der Waals surface area contributed by atoms with Crippen LogP contribution in [0.3, 0.4) is 0 Å². The molecule has 0 amide bonds. The molecule has 2 N–H and O–H groups in total. The molecule has 0 bridgehead atoms. The van der Waals surface area contributed by atoms with Crippen LogP contribution in [-0.2, 0) is 0 Å². The molecule has 0 aromatic heterocycles. The predicted molar refractivity (Wildman–Crippen MR) is 49.5 cm³/mol. The molecule has 60 valence electrons. The zero-order valence-electron chi connectivity index (χ0n) is 7.15. The Hall–Kier alpha value is 0.0200. The van der Waals surface area contributed by atoms with Crippen molar-refractivity contribution < 1.29 is 5.41 Å². The van der Waals surface area contributed by atoms with E-state index in [9.17, 15) is 0 Å². The van der Waals surface area contributed by atoms with Gasteiger partial charge in [0.05, 0.1) is 0 Å². The van der Waals surface area contributed by atoms with Gasteiger partial charge in [0.15, 0.2) is 5.71 Å². The van der Waals surface area contributed by atoms with Gasteiger partial charge in [-0.1, -0.05) is 20.8 Å². The van der Waals surface area contributed by atoms with E-state index in [1.807, 2.05) is 0 Å². The molecular formula is C8H18NS+. The quantitative estimate of drug-likeness (QED) is 0.454. The first-order chi connectivity index (χ1) is 4.48. The number of hydrogen-bond donors (Lipinski definition) is 2. The van der Waals surface area contributed by atoms with Gasteiger partial charge in [0.1, 0.15) is 0 Å². The Morgan fingerprint density at radius 3 is 2.20 bits per heavy atom. The van der Waals surface area contributed by atoms with Crippen molar-refractivity contribution in [3.8, 4) is 0 Å². The Kier molecular flexibility index (Phi) is 4.02. The number of thiol groups is 1. The van der Waals surface area contributed by atoms with Crippen molar-refractivity contribution in [3.05, 3.63) is 0 Å². The Balaban J connectivity index is 3.64. The molecular weight excluding hydrogens is 142 g/mol. The first-order valence-electron chi connectivity index (χ1n) is 3.71. The summed E-state index contributed by atoms with van der Waals surface area (Å²) in [5.74, 6) is 0.927. The highest BCUT2D eigenvalue weighted by molar-refractivity contribution is 7.80. The molecule has 0 unspecified atom stereocenters. The second kappa shape index (κ2) is 4.02. The van der Waals surface area contributed by atoms with Crippen LogP contribution in [0, 0.1) is 5.41 Å². The van der Waals surface area contributed by atoms with Gasteiger partial charge in [0.25, 0.3) is 0 Å². The van der Waals surface area contributed by atoms with Crippen LogP contribution in [0.5, 0.6) is 0 Å². The van der Waals surface area contributed by atoms with Crippen LogP contribution in [0.2, 0.25) is 0 Å². The minimum atomic E-state index is 0.170. The highest BCUT2D eigenvalue weighted by Gasteiger charge is 2.21. The van der Waals surface area contributed by atoms with Crippen molar-refractivity contribution >= 4 is 18.3 Å². The monoisotopic (exact) mass is 160 g/mol. The predicted octanol–water partition coefficient (Wildman–Crippen LogP) is 0.943. The van der Waals surface area contributed by atoms with E-state index in [1.54, 1.807) is 0 Å². The zero-order valence-corrected chi connectivity index (χ0v) is 8.04. The summed E-state index contributed by atoms with van der Waals surface area (Å²) in [5.41, 5.74) is 1.25. The zero-order chi connectivity index (χ0) is 8.20. The van der Waals surface area contributed by atoms with Gasteiger partial charge in [-0.2, -0.15) is 12.6 Å². The SMILES string of the molecule is CC(C)(C)C(=[NH2+])CCCS. The third-order valence-corrected chi connectivity index (χ3v) is 1.88. The lowest BCUT2D eigenvalue weighted by atomic mass is 9.88. The molecule has 0 atom stereocenters. The topological polar surface area (TPSA) is 25.6 Å². The van der Waals surface area contributed by atoms with Crippen molar-refractivity contribution in [1.82, 2.24) is 0 Å². The normalized spacial score (nSPS) is 11.6. The fraction of sp³-hybridized carbons (Fsp3) is 0.875. The van der Waals surface area contributed by atoms with Gasteiger partial charge >= 0.3 is 0 Å². The molecule has 2 heteroatoms. The fourth-order valence-electron chi connectivity index (χ4n) is 0.645. The largest absolute Gasteiger partial charge is 0.261 e. The van der Waals surface area contributed by atoms with E-state index in [4.69, 9.17) is 5.41 Å². The second-order valence-corrected chi connectivity index (χ2v) is 4.05. The lowest BCUT2D eigenvalue weighted by molar-refractivity contribution is -0.126. The Bertz CT molecular complexity index is 113. The summed E-state index contributed by atoms with van der Waals surface area (Å²) in [4.78, 5) is 0. The van der Waals surface area contributed by atoms with Crippen LogP contribution in [0.15, 0.2) is 0 Å². The van der Waals surface area contributed by atoms with Crippen molar-refractivity contribution in [1.29, 1.82) is 0 Å². The smallest absolute Gasteiger partial charge is 0.154 e. The summed E-state index contributed by atoms with van der Waals surface area (Å²) in [6.45, 7) is 6.42. The van der Waals surface area contributed by atoms with E-state index in [-0.39, 0.29) is 5.41 Å². The minimum Gasteiger partial charge on any atom is -0.261 e. The van der Waals surface area contributed by atoms with Crippen molar-refractivity contribution in [2.75, 3.05) is 5.75 Å². The maximum absolute atomic E-state index is 5.82. The van der Waals surface area contributed by atoms with Crippen LogP contribution in [0.25, 0.3) is 0 Å². The van der Waals surface area contributed by atoms with Crippen LogP contribution in [-0.4, -0.2) is 11.5 Å². The van der Waals surface area contributed by atoms with Gasteiger partial charge in [0.2, 0.25) is 0 Å². The molecule has 0 spiro atoms. The average molecular weight is 160 g/mol. The number of hydrogen-bond acceptors (Lipinski definition) is 1.